The number of hydrogen-bond acceptors (Lipinski definition) is 3. The smallest absolute Gasteiger partial charge is 0.0791 e. The fraction of sp³-hybridized carbons (Fsp3) is 0.625. The Morgan fingerprint density at radius 3 is 2.32 bits per heavy atom. The Labute approximate surface area is 117 Å². The van der Waals surface area contributed by atoms with E-state index in [9.17, 15) is 5.11 Å². The van der Waals surface area contributed by atoms with Gasteiger partial charge in [-0.25, -0.2) is 0 Å². The van der Waals surface area contributed by atoms with E-state index in [1.807, 2.05) is 25.1 Å². The normalized spacial score (nSPS) is 15.5. The zero-order chi connectivity index (χ0) is 14.5. The topological polar surface area (TPSA) is 35.5 Å². The first kappa shape index (κ1) is 16.2. The largest absolute Gasteiger partial charge is 0.390 e. The molecule has 2 atom stereocenters. The van der Waals surface area contributed by atoms with E-state index in [2.05, 4.69) is 50.4 Å². The number of hydrogen-bond donors (Lipinski definition) is 2. The molecule has 0 aromatic heterocycles. The van der Waals surface area contributed by atoms with Crippen LogP contribution in [0.2, 0.25) is 0 Å². The number of benzene rings is 1. The molecule has 0 fully saturated rings. The Morgan fingerprint density at radius 2 is 1.79 bits per heavy atom. The molecular weight excluding hydrogens is 236 g/mol. The van der Waals surface area contributed by atoms with Crippen LogP contribution in [0.4, 0.5) is 0 Å². The van der Waals surface area contributed by atoms with Gasteiger partial charge in [0.25, 0.3) is 0 Å². The van der Waals surface area contributed by atoms with Crippen LogP contribution in [0.1, 0.15) is 26.3 Å². The minimum Gasteiger partial charge on any atom is -0.390 e. The zero-order valence-electron chi connectivity index (χ0n) is 12.9. The molecule has 1 rings (SSSR count). The molecule has 0 aliphatic rings. The molecule has 0 spiro atoms. The molecule has 0 radical (unpaired) electrons. The highest BCUT2D eigenvalue weighted by molar-refractivity contribution is 5.25. The Kier molecular flexibility index (Phi) is 5.98. The van der Waals surface area contributed by atoms with Crippen LogP contribution in [0.5, 0.6) is 0 Å². The molecular formula is C16H28N2O. The Balaban J connectivity index is 2.55. The average molecular weight is 264 g/mol. The van der Waals surface area contributed by atoms with Gasteiger partial charge in [0.1, 0.15) is 0 Å². The van der Waals surface area contributed by atoms with Crippen LogP contribution in [0.15, 0.2) is 30.3 Å². The lowest BCUT2D eigenvalue weighted by atomic mass is 9.78. The minimum absolute atomic E-state index is 0.0408. The third-order valence-corrected chi connectivity index (χ3v) is 3.84. The van der Waals surface area contributed by atoms with E-state index in [1.54, 1.807) is 0 Å². The van der Waals surface area contributed by atoms with Crippen molar-refractivity contribution in [3.63, 3.8) is 0 Å². The summed E-state index contributed by atoms with van der Waals surface area (Å²) < 4.78 is 0. The van der Waals surface area contributed by atoms with Crippen LogP contribution >= 0.6 is 0 Å². The number of aliphatic hydroxyl groups excluding tert-OH is 1. The van der Waals surface area contributed by atoms with Crippen LogP contribution < -0.4 is 5.32 Å². The molecule has 1 aromatic carbocycles. The molecule has 0 saturated heterocycles. The lowest BCUT2D eigenvalue weighted by Crippen LogP contribution is -2.46. The van der Waals surface area contributed by atoms with Crippen LogP contribution in [0.3, 0.4) is 0 Å². The number of nitrogens with zero attached hydrogens (tertiary/aromatic N) is 1. The van der Waals surface area contributed by atoms with Crippen LogP contribution in [0, 0.1) is 0 Å². The van der Waals surface area contributed by atoms with Gasteiger partial charge in [-0.1, -0.05) is 44.2 Å². The Bertz CT molecular complexity index is 362. The second-order valence-corrected chi connectivity index (χ2v) is 6.13. The third-order valence-electron chi connectivity index (χ3n) is 3.84. The van der Waals surface area contributed by atoms with Gasteiger partial charge in [-0.15, -0.1) is 0 Å². The monoisotopic (exact) mass is 264 g/mol. The predicted octanol–water partition coefficient (Wildman–Crippen LogP) is 1.86. The first-order valence-electron chi connectivity index (χ1n) is 6.95. The molecule has 2 unspecified atom stereocenters. The minimum atomic E-state index is -0.330. The van der Waals surface area contributed by atoms with Gasteiger partial charge in [-0.05, 0) is 26.6 Å². The summed E-state index contributed by atoms with van der Waals surface area (Å²) >= 11 is 0. The molecule has 19 heavy (non-hydrogen) atoms. The second kappa shape index (κ2) is 7.04. The molecule has 0 heterocycles. The summed E-state index contributed by atoms with van der Waals surface area (Å²) in [6.45, 7) is 7.95. The Hall–Kier alpha value is -0.900. The van der Waals surface area contributed by atoms with Gasteiger partial charge >= 0.3 is 0 Å². The first-order chi connectivity index (χ1) is 8.84. The van der Waals surface area contributed by atoms with Crippen molar-refractivity contribution in [2.45, 2.75) is 38.3 Å². The summed E-state index contributed by atoms with van der Waals surface area (Å²) in [5.74, 6) is 0. The summed E-state index contributed by atoms with van der Waals surface area (Å²) in [5.41, 5.74) is 1.36. The standard InChI is InChI=1S/C16H28N2O/c1-13(17-11-15(19)12-18(4)5)16(2,3)14-9-7-6-8-10-14/h6-10,13,15,17,19H,11-12H2,1-5H3. The van der Waals surface area contributed by atoms with E-state index in [-0.39, 0.29) is 11.5 Å². The van der Waals surface area contributed by atoms with Gasteiger partial charge in [0.2, 0.25) is 0 Å². The van der Waals surface area contributed by atoms with Crippen molar-refractivity contribution in [2.75, 3.05) is 27.2 Å². The maximum absolute atomic E-state index is 9.90. The lowest BCUT2D eigenvalue weighted by Gasteiger charge is -2.34. The molecule has 3 nitrogen and oxygen atoms in total. The summed E-state index contributed by atoms with van der Waals surface area (Å²) in [6, 6.07) is 10.8. The van der Waals surface area contributed by atoms with Crippen molar-refractivity contribution < 1.29 is 5.11 Å². The lowest BCUT2D eigenvalue weighted by molar-refractivity contribution is 0.128. The second-order valence-electron chi connectivity index (χ2n) is 6.13. The first-order valence-corrected chi connectivity index (χ1v) is 6.95. The van der Waals surface area contributed by atoms with Crippen LogP contribution in [-0.4, -0.2) is 49.3 Å². The highest BCUT2D eigenvalue weighted by Gasteiger charge is 2.27. The molecule has 108 valence electrons. The van der Waals surface area contributed by atoms with Crippen molar-refractivity contribution in [1.29, 1.82) is 0 Å². The van der Waals surface area contributed by atoms with Gasteiger partial charge in [0, 0.05) is 24.5 Å². The quantitative estimate of drug-likeness (QED) is 0.789. The van der Waals surface area contributed by atoms with Crippen molar-refractivity contribution in [3.8, 4) is 0 Å². The van der Waals surface area contributed by atoms with Gasteiger partial charge in [0.15, 0.2) is 0 Å². The molecule has 1 aromatic rings. The van der Waals surface area contributed by atoms with E-state index in [0.29, 0.717) is 19.1 Å². The predicted molar refractivity (Wildman–Crippen MR) is 81.5 cm³/mol. The number of nitrogens with one attached hydrogen (secondary N) is 1. The SMILES string of the molecule is CC(NCC(O)CN(C)C)C(C)(C)c1ccccc1. The summed E-state index contributed by atoms with van der Waals surface area (Å²) in [6.07, 6.45) is -0.330. The molecule has 2 N–H and O–H groups in total. The number of aliphatic hydroxyl groups is 1. The van der Waals surface area contributed by atoms with Gasteiger partial charge in [-0.2, -0.15) is 0 Å². The fourth-order valence-electron chi connectivity index (χ4n) is 2.17. The number of rotatable bonds is 7. The maximum atomic E-state index is 9.90. The van der Waals surface area contributed by atoms with E-state index in [4.69, 9.17) is 0 Å². The Morgan fingerprint density at radius 1 is 1.21 bits per heavy atom. The van der Waals surface area contributed by atoms with E-state index >= 15 is 0 Å². The summed E-state index contributed by atoms with van der Waals surface area (Å²) in [5, 5.41) is 13.4. The molecule has 0 amide bonds. The average Bonchev–Trinajstić information content (AvgIpc) is 2.36. The van der Waals surface area contributed by atoms with Crippen LogP contribution in [-0.2, 0) is 5.41 Å². The highest BCUT2D eigenvalue weighted by Crippen LogP contribution is 2.26. The maximum Gasteiger partial charge on any atom is 0.0791 e. The van der Waals surface area contributed by atoms with Crippen molar-refractivity contribution in [1.82, 2.24) is 10.2 Å². The van der Waals surface area contributed by atoms with Gasteiger partial charge in [0.05, 0.1) is 6.10 Å². The summed E-state index contributed by atoms with van der Waals surface area (Å²) in [7, 11) is 3.95. The number of likely N-dealkylation sites (N-methyl/N-ethyl adjacent to an activating group) is 1. The zero-order valence-corrected chi connectivity index (χ0v) is 12.9. The van der Waals surface area contributed by atoms with E-state index < -0.39 is 0 Å². The fourth-order valence-corrected chi connectivity index (χ4v) is 2.17. The van der Waals surface area contributed by atoms with Crippen molar-refractivity contribution in [2.24, 2.45) is 0 Å². The van der Waals surface area contributed by atoms with Crippen molar-refractivity contribution in [3.05, 3.63) is 35.9 Å². The van der Waals surface area contributed by atoms with E-state index in [0.717, 1.165) is 0 Å². The van der Waals surface area contributed by atoms with Gasteiger partial charge in [-0.3, -0.25) is 0 Å². The van der Waals surface area contributed by atoms with Gasteiger partial charge < -0.3 is 15.3 Å². The van der Waals surface area contributed by atoms with E-state index in [1.165, 1.54) is 5.56 Å². The molecule has 3 heteroatoms. The highest BCUT2D eigenvalue weighted by atomic mass is 16.3. The third kappa shape index (κ3) is 4.94. The molecule has 0 aliphatic carbocycles. The summed E-state index contributed by atoms with van der Waals surface area (Å²) in [4.78, 5) is 2.00. The van der Waals surface area contributed by atoms with Crippen molar-refractivity contribution >= 4 is 0 Å². The molecule has 0 bridgehead atoms. The molecule has 0 aliphatic heterocycles. The van der Waals surface area contributed by atoms with Crippen LogP contribution in [0.25, 0.3) is 0 Å². The molecule has 0 saturated carbocycles.